The summed E-state index contributed by atoms with van der Waals surface area (Å²) < 4.78 is 0. The third-order valence-corrected chi connectivity index (χ3v) is 7.28. The molecule has 10 nitrogen and oxygen atoms in total. The van der Waals surface area contributed by atoms with E-state index in [-0.39, 0.29) is 36.0 Å². The molecule has 0 aromatic heterocycles. The Hall–Kier alpha value is -4.34. The highest BCUT2D eigenvalue weighted by molar-refractivity contribution is 5.98. The summed E-state index contributed by atoms with van der Waals surface area (Å²) in [5.74, 6) is -0.359. The molecule has 42 heavy (non-hydrogen) atoms. The minimum absolute atomic E-state index is 0.0135. The fourth-order valence-electron chi connectivity index (χ4n) is 5.22. The molecule has 4 N–H and O–H groups in total. The molecule has 0 spiro atoms. The molecule has 0 aliphatic carbocycles. The lowest BCUT2D eigenvalue weighted by molar-refractivity contribution is -0.120. The molecule has 2 aromatic carbocycles. The Labute approximate surface area is 247 Å². The zero-order valence-corrected chi connectivity index (χ0v) is 24.9. The van der Waals surface area contributed by atoms with Gasteiger partial charge in [0, 0.05) is 36.5 Å². The van der Waals surface area contributed by atoms with E-state index in [1.54, 1.807) is 9.80 Å². The zero-order chi connectivity index (χ0) is 30.2. The van der Waals surface area contributed by atoms with Crippen molar-refractivity contribution >= 4 is 47.4 Å². The van der Waals surface area contributed by atoms with Crippen LogP contribution in [0.5, 0.6) is 0 Å². The second kappa shape index (κ2) is 14.0. The van der Waals surface area contributed by atoms with Gasteiger partial charge in [-0.1, -0.05) is 36.4 Å². The summed E-state index contributed by atoms with van der Waals surface area (Å²) in [6, 6.07) is 13.7. The number of hydrogen-bond acceptors (Lipinski definition) is 4. The number of hydrogen-bond donors (Lipinski definition) is 4. The summed E-state index contributed by atoms with van der Waals surface area (Å²) in [7, 11) is 0. The molecule has 2 fully saturated rings. The predicted molar refractivity (Wildman–Crippen MR) is 166 cm³/mol. The first-order chi connectivity index (χ1) is 20.1. The van der Waals surface area contributed by atoms with E-state index in [1.165, 1.54) is 0 Å². The first-order valence-corrected chi connectivity index (χ1v) is 14.7. The largest absolute Gasteiger partial charge is 0.336 e. The average molecular weight is 575 g/mol. The molecule has 0 bridgehead atoms. The van der Waals surface area contributed by atoms with Crippen molar-refractivity contribution in [2.45, 2.75) is 77.5 Å². The van der Waals surface area contributed by atoms with Gasteiger partial charge in [0.05, 0.1) is 0 Å². The van der Waals surface area contributed by atoms with Crippen molar-refractivity contribution in [2.75, 3.05) is 23.7 Å². The number of likely N-dealkylation sites (tertiary alicyclic amines) is 2. The Morgan fingerprint density at radius 3 is 1.33 bits per heavy atom. The molecule has 224 valence electrons. The second-order valence-corrected chi connectivity index (χ2v) is 11.5. The Kier molecular flexibility index (Phi) is 10.2. The van der Waals surface area contributed by atoms with Crippen LogP contribution in [0.4, 0.5) is 21.0 Å². The standard InChI is InChI=1S/C32H42N6O4/c1-21(2)33-31(41)37-19-5-7-27(37)29(39)35-25-15-11-23(12-16-25)9-10-24-13-17-26(18-14-24)36-30(40)28-8-6-20-38(28)32(42)34-22(3)4/h9-18,21-22,27-28H,5-8,19-20H2,1-4H3,(H,33,41)(H,34,42)(H,35,39)(H,36,40)/b10-9+/t27-,28-/m0/s1. The van der Waals surface area contributed by atoms with Gasteiger partial charge in [0.2, 0.25) is 11.8 Å². The lowest BCUT2D eigenvalue weighted by atomic mass is 10.1. The minimum Gasteiger partial charge on any atom is -0.336 e. The topological polar surface area (TPSA) is 123 Å². The van der Waals surface area contributed by atoms with Gasteiger partial charge in [-0.15, -0.1) is 0 Å². The quantitative estimate of drug-likeness (QED) is 0.335. The van der Waals surface area contributed by atoms with Crippen LogP contribution in [0.25, 0.3) is 12.2 Å². The van der Waals surface area contributed by atoms with Gasteiger partial charge in [0.1, 0.15) is 12.1 Å². The van der Waals surface area contributed by atoms with Crippen molar-refractivity contribution in [3.63, 3.8) is 0 Å². The zero-order valence-electron chi connectivity index (χ0n) is 24.9. The summed E-state index contributed by atoms with van der Waals surface area (Å²) in [6.45, 7) is 8.74. The molecule has 2 aliphatic heterocycles. The third-order valence-electron chi connectivity index (χ3n) is 7.28. The summed E-state index contributed by atoms with van der Waals surface area (Å²) in [4.78, 5) is 53.8. The van der Waals surface area contributed by atoms with Gasteiger partial charge in [-0.05, 0) is 88.8 Å². The van der Waals surface area contributed by atoms with Crippen LogP contribution in [0, 0.1) is 0 Å². The van der Waals surface area contributed by atoms with Crippen molar-refractivity contribution < 1.29 is 19.2 Å². The number of nitrogens with one attached hydrogen (secondary N) is 4. The highest BCUT2D eigenvalue weighted by atomic mass is 16.2. The summed E-state index contributed by atoms with van der Waals surface area (Å²) in [5, 5.41) is 11.6. The molecular weight excluding hydrogens is 532 g/mol. The molecule has 2 aromatic rings. The van der Waals surface area contributed by atoms with Crippen LogP contribution >= 0.6 is 0 Å². The highest BCUT2D eigenvalue weighted by Gasteiger charge is 2.35. The van der Waals surface area contributed by atoms with Gasteiger partial charge in [-0.3, -0.25) is 9.59 Å². The van der Waals surface area contributed by atoms with Crippen LogP contribution in [0.1, 0.15) is 64.5 Å². The summed E-state index contributed by atoms with van der Waals surface area (Å²) in [6.07, 6.45) is 6.84. The van der Waals surface area contributed by atoms with Crippen LogP contribution in [0.2, 0.25) is 0 Å². The molecule has 0 saturated carbocycles. The molecule has 2 atom stereocenters. The van der Waals surface area contributed by atoms with Gasteiger partial charge in [-0.25, -0.2) is 9.59 Å². The normalized spacial score (nSPS) is 18.5. The SMILES string of the molecule is CC(C)NC(=O)N1CCC[C@H]1C(=O)Nc1ccc(/C=C/c2ccc(NC(=O)[C@@H]3CCCN3C(=O)NC(C)C)cc2)cc1. The number of amides is 6. The smallest absolute Gasteiger partial charge is 0.318 e. The number of rotatable bonds is 8. The monoisotopic (exact) mass is 574 g/mol. The lowest BCUT2D eigenvalue weighted by Crippen LogP contribution is -2.49. The van der Waals surface area contributed by atoms with E-state index < -0.39 is 12.1 Å². The maximum atomic E-state index is 12.9. The Morgan fingerprint density at radius 1 is 0.643 bits per heavy atom. The molecule has 2 heterocycles. The first-order valence-electron chi connectivity index (χ1n) is 14.7. The van der Waals surface area contributed by atoms with Crippen LogP contribution < -0.4 is 21.3 Å². The van der Waals surface area contributed by atoms with Crippen LogP contribution in [-0.4, -0.2) is 70.9 Å². The molecule has 0 unspecified atom stereocenters. The van der Waals surface area contributed by atoms with Crippen molar-refractivity contribution in [1.82, 2.24) is 20.4 Å². The maximum Gasteiger partial charge on any atom is 0.318 e. The summed E-state index contributed by atoms with van der Waals surface area (Å²) in [5.41, 5.74) is 3.28. The van der Waals surface area contributed by atoms with E-state index >= 15 is 0 Å². The minimum atomic E-state index is -0.474. The maximum absolute atomic E-state index is 12.9. The average Bonchev–Trinajstić information content (AvgIpc) is 3.63. The second-order valence-electron chi connectivity index (χ2n) is 11.5. The van der Waals surface area contributed by atoms with Gasteiger partial charge < -0.3 is 31.1 Å². The van der Waals surface area contributed by atoms with Gasteiger partial charge in [0.25, 0.3) is 0 Å². The fraction of sp³-hybridized carbons (Fsp3) is 0.438. The molecule has 10 heteroatoms. The number of nitrogens with zero attached hydrogens (tertiary/aromatic N) is 2. The van der Waals surface area contributed by atoms with E-state index in [9.17, 15) is 19.2 Å². The Morgan fingerprint density at radius 2 is 1.00 bits per heavy atom. The third kappa shape index (κ3) is 8.11. The number of carbonyl (C=O) groups is 4. The number of anilines is 2. The predicted octanol–water partition coefficient (Wildman–Crippen LogP) is 4.90. The molecule has 2 saturated heterocycles. The molecule has 2 aliphatic rings. The number of benzene rings is 2. The lowest BCUT2D eigenvalue weighted by Gasteiger charge is -2.25. The van der Waals surface area contributed by atoms with Gasteiger partial charge in [0.15, 0.2) is 0 Å². The first kappa shape index (κ1) is 30.6. The van der Waals surface area contributed by atoms with E-state index in [1.807, 2.05) is 88.4 Å². The highest BCUT2D eigenvalue weighted by Crippen LogP contribution is 2.22. The van der Waals surface area contributed by atoms with Crippen molar-refractivity contribution in [2.24, 2.45) is 0 Å². The molecule has 4 rings (SSSR count). The van der Waals surface area contributed by atoms with E-state index in [0.29, 0.717) is 37.3 Å². The summed E-state index contributed by atoms with van der Waals surface area (Å²) >= 11 is 0. The van der Waals surface area contributed by atoms with E-state index in [0.717, 1.165) is 24.0 Å². The van der Waals surface area contributed by atoms with Crippen LogP contribution in [-0.2, 0) is 9.59 Å². The van der Waals surface area contributed by atoms with Gasteiger partial charge >= 0.3 is 12.1 Å². The Balaban J connectivity index is 1.28. The van der Waals surface area contributed by atoms with E-state index in [4.69, 9.17) is 0 Å². The van der Waals surface area contributed by atoms with Crippen molar-refractivity contribution in [1.29, 1.82) is 0 Å². The fourth-order valence-corrected chi connectivity index (χ4v) is 5.22. The number of urea groups is 2. The van der Waals surface area contributed by atoms with Gasteiger partial charge in [-0.2, -0.15) is 0 Å². The van der Waals surface area contributed by atoms with Crippen molar-refractivity contribution in [3.05, 3.63) is 59.7 Å². The van der Waals surface area contributed by atoms with Crippen molar-refractivity contribution in [3.8, 4) is 0 Å². The molecule has 6 amide bonds. The Bertz CT molecular complexity index is 1190. The molecule has 0 radical (unpaired) electrons. The molecular formula is C32H42N6O4. The van der Waals surface area contributed by atoms with Crippen LogP contribution in [0.15, 0.2) is 48.5 Å². The van der Waals surface area contributed by atoms with Crippen LogP contribution in [0.3, 0.4) is 0 Å². The van der Waals surface area contributed by atoms with E-state index in [2.05, 4.69) is 21.3 Å². The number of carbonyl (C=O) groups excluding carboxylic acids is 4.